The number of anilines is 1. The van der Waals surface area contributed by atoms with Crippen LogP contribution in [0.3, 0.4) is 0 Å². The number of amides is 3. The van der Waals surface area contributed by atoms with Crippen molar-refractivity contribution in [3.63, 3.8) is 0 Å². The Morgan fingerprint density at radius 3 is 1.96 bits per heavy atom. The van der Waals surface area contributed by atoms with E-state index < -0.39 is 29.2 Å². The van der Waals surface area contributed by atoms with Crippen molar-refractivity contribution in [2.24, 2.45) is 0 Å². The highest BCUT2D eigenvalue weighted by Gasteiger charge is 2.38. The zero-order valence-electron chi connectivity index (χ0n) is 27.2. The molecule has 0 spiro atoms. The maximum Gasteiger partial charge on any atom is 0.268 e. The van der Waals surface area contributed by atoms with Crippen LogP contribution in [0, 0.1) is 5.82 Å². The molecule has 252 valence electrons. The summed E-state index contributed by atoms with van der Waals surface area (Å²) in [7, 11) is 1.41. The largest absolute Gasteiger partial charge is 0.504 e. The number of rotatable bonds is 12. The first kappa shape index (κ1) is 33.5. The van der Waals surface area contributed by atoms with Gasteiger partial charge in [-0.2, -0.15) is 0 Å². The molecular formula is C40H35FN4O5. The van der Waals surface area contributed by atoms with Gasteiger partial charge in [-0.3, -0.25) is 14.4 Å². The number of nitrogens with one attached hydrogen (secondary N) is 4. The Hall–Kier alpha value is -6.42. The topological polar surface area (TPSA) is 133 Å². The number of hydrogen-bond donors (Lipinski definition) is 5. The Morgan fingerprint density at radius 2 is 1.40 bits per heavy atom. The predicted molar refractivity (Wildman–Crippen MR) is 189 cm³/mol. The zero-order valence-corrected chi connectivity index (χ0v) is 27.2. The fourth-order valence-electron chi connectivity index (χ4n) is 6.06. The second-order valence-electron chi connectivity index (χ2n) is 11.8. The standard InChI is InChI=1S/C40H35FN4O5/c1-50-36-21-18-31(25-35(36)46)42-38(48)33(44-39(49)34-24-26-23-30(41)17-19-32(26)43-34)20-22-37(47)45-40(27-11-5-2-6-12-27,28-13-7-3-8-14-28)29-15-9-4-10-16-29/h2-19,21,23-25,33,43,46H,20,22H2,1H3,(H,42,48)(H,44,49)(H,45,47)/t33-/m0/s1. The lowest BCUT2D eigenvalue weighted by Crippen LogP contribution is -2.49. The molecule has 0 unspecified atom stereocenters. The average molecular weight is 671 g/mol. The van der Waals surface area contributed by atoms with Crippen molar-refractivity contribution in [2.45, 2.75) is 24.4 Å². The first-order chi connectivity index (χ1) is 24.3. The first-order valence-corrected chi connectivity index (χ1v) is 16.0. The minimum Gasteiger partial charge on any atom is -0.504 e. The number of phenolic OH excluding ortho intramolecular Hbond substituents is 1. The summed E-state index contributed by atoms with van der Waals surface area (Å²) in [4.78, 5) is 44.1. The SMILES string of the molecule is COc1ccc(NC(=O)[C@H](CCC(=O)NC(c2ccccc2)(c2ccccc2)c2ccccc2)NC(=O)c2cc3cc(F)ccc3[nH]2)cc1O. The Labute approximate surface area is 288 Å². The van der Waals surface area contributed by atoms with E-state index in [1.54, 1.807) is 6.07 Å². The number of H-pyrrole nitrogens is 1. The molecule has 1 aromatic heterocycles. The molecule has 0 fully saturated rings. The Kier molecular flexibility index (Phi) is 9.90. The van der Waals surface area contributed by atoms with Gasteiger partial charge in [0.25, 0.3) is 5.91 Å². The molecule has 10 heteroatoms. The summed E-state index contributed by atoms with van der Waals surface area (Å²) < 4.78 is 18.9. The van der Waals surface area contributed by atoms with Gasteiger partial charge < -0.3 is 30.8 Å². The minimum atomic E-state index is -1.18. The first-order valence-electron chi connectivity index (χ1n) is 16.0. The van der Waals surface area contributed by atoms with Crippen molar-refractivity contribution in [3.05, 3.63) is 162 Å². The second kappa shape index (κ2) is 14.8. The van der Waals surface area contributed by atoms with Crippen LogP contribution in [0.15, 0.2) is 133 Å². The molecule has 6 rings (SSSR count). The van der Waals surface area contributed by atoms with Gasteiger partial charge in [0, 0.05) is 29.1 Å². The van der Waals surface area contributed by atoms with Crippen molar-refractivity contribution in [2.75, 3.05) is 12.4 Å². The minimum absolute atomic E-state index is 0.0746. The number of hydrogen-bond acceptors (Lipinski definition) is 5. The number of ether oxygens (including phenoxy) is 1. The second-order valence-corrected chi connectivity index (χ2v) is 11.8. The fraction of sp³-hybridized carbons (Fsp3) is 0.125. The summed E-state index contributed by atoms with van der Waals surface area (Å²) in [5.41, 5.74) is 2.36. The molecule has 0 radical (unpaired) electrons. The maximum atomic E-state index is 14.0. The summed E-state index contributed by atoms with van der Waals surface area (Å²) in [6, 6.07) is 37.7. The van der Waals surface area contributed by atoms with Crippen molar-refractivity contribution < 1.29 is 28.6 Å². The fourth-order valence-corrected chi connectivity index (χ4v) is 6.06. The molecule has 0 aliphatic heterocycles. The van der Waals surface area contributed by atoms with E-state index in [1.807, 2.05) is 91.0 Å². The highest BCUT2D eigenvalue weighted by atomic mass is 19.1. The number of methoxy groups -OCH3 is 1. The lowest BCUT2D eigenvalue weighted by Gasteiger charge is -2.37. The van der Waals surface area contributed by atoms with Crippen LogP contribution in [0.2, 0.25) is 0 Å². The molecule has 5 aromatic carbocycles. The Morgan fingerprint density at radius 1 is 0.800 bits per heavy atom. The van der Waals surface area contributed by atoms with E-state index in [2.05, 4.69) is 20.9 Å². The van der Waals surface area contributed by atoms with Gasteiger partial charge in [-0.05, 0) is 59.5 Å². The van der Waals surface area contributed by atoms with E-state index in [0.29, 0.717) is 10.9 Å². The lowest BCUT2D eigenvalue weighted by molar-refractivity contribution is -0.123. The van der Waals surface area contributed by atoms with Gasteiger partial charge in [-0.25, -0.2) is 4.39 Å². The number of aromatic hydroxyl groups is 1. The van der Waals surface area contributed by atoms with E-state index in [4.69, 9.17) is 4.74 Å². The zero-order chi connectivity index (χ0) is 35.1. The van der Waals surface area contributed by atoms with Crippen LogP contribution < -0.4 is 20.7 Å². The van der Waals surface area contributed by atoms with Crippen molar-refractivity contribution in [3.8, 4) is 11.5 Å². The number of halogens is 1. The van der Waals surface area contributed by atoms with Gasteiger partial charge in [0.15, 0.2) is 11.5 Å². The molecule has 50 heavy (non-hydrogen) atoms. The summed E-state index contributed by atoms with van der Waals surface area (Å²) in [6.45, 7) is 0. The number of aromatic nitrogens is 1. The van der Waals surface area contributed by atoms with Crippen LogP contribution in [0.1, 0.15) is 40.0 Å². The number of fused-ring (bicyclic) bond motifs is 1. The molecule has 6 aromatic rings. The molecule has 3 amide bonds. The molecule has 0 saturated carbocycles. The van der Waals surface area contributed by atoms with Crippen LogP contribution in [-0.2, 0) is 15.1 Å². The van der Waals surface area contributed by atoms with Crippen molar-refractivity contribution >= 4 is 34.3 Å². The molecule has 0 saturated heterocycles. The number of carbonyl (C=O) groups excluding carboxylic acids is 3. The van der Waals surface area contributed by atoms with Gasteiger partial charge in [0.2, 0.25) is 11.8 Å². The quantitative estimate of drug-likeness (QED) is 0.0931. The molecule has 0 bridgehead atoms. The van der Waals surface area contributed by atoms with Gasteiger partial charge in [-0.1, -0.05) is 91.0 Å². The predicted octanol–water partition coefficient (Wildman–Crippen LogP) is 6.65. The molecule has 0 aliphatic rings. The molecular weight excluding hydrogens is 635 g/mol. The average Bonchev–Trinajstić information content (AvgIpc) is 3.57. The normalized spacial score (nSPS) is 11.8. The van der Waals surface area contributed by atoms with E-state index >= 15 is 0 Å². The highest BCUT2D eigenvalue weighted by Crippen LogP contribution is 2.37. The number of carbonyl (C=O) groups is 3. The van der Waals surface area contributed by atoms with Crippen LogP contribution in [0.4, 0.5) is 10.1 Å². The third-order valence-corrected chi connectivity index (χ3v) is 8.50. The van der Waals surface area contributed by atoms with Crippen molar-refractivity contribution in [1.29, 1.82) is 0 Å². The summed E-state index contributed by atoms with van der Waals surface area (Å²) in [6.07, 6.45) is -0.215. The summed E-state index contributed by atoms with van der Waals surface area (Å²) in [5.74, 6) is -2.01. The van der Waals surface area contributed by atoms with Gasteiger partial charge in [0.1, 0.15) is 23.1 Å². The molecule has 0 aliphatic carbocycles. The van der Waals surface area contributed by atoms with E-state index in [9.17, 15) is 23.9 Å². The molecule has 9 nitrogen and oxygen atoms in total. The van der Waals surface area contributed by atoms with E-state index in [0.717, 1.165) is 16.7 Å². The van der Waals surface area contributed by atoms with Crippen LogP contribution in [-0.4, -0.2) is 41.0 Å². The summed E-state index contributed by atoms with van der Waals surface area (Å²) >= 11 is 0. The number of benzene rings is 5. The van der Waals surface area contributed by atoms with Crippen LogP contribution in [0.5, 0.6) is 11.5 Å². The van der Waals surface area contributed by atoms with Gasteiger partial charge >= 0.3 is 0 Å². The number of aromatic amines is 1. The lowest BCUT2D eigenvalue weighted by atomic mass is 9.77. The van der Waals surface area contributed by atoms with Crippen LogP contribution >= 0.6 is 0 Å². The third-order valence-electron chi connectivity index (χ3n) is 8.50. The smallest absolute Gasteiger partial charge is 0.268 e. The molecule has 1 heterocycles. The highest BCUT2D eigenvalue weighted by molar-refractivity contribution is 6.03. The van der Waals surface area contributed by atoms with E-state index in [1.165, 1.54) is 43.5 Å². The number of phenols is 1. The van der Waals surface area contributed by atoms with E-state index in [-0.39, 0.29) is 41.6 Å². The Balaban J connectivity index is 1.29. The molecule has 5 N–H and O–H groups in total. The summed E-state index contributed by atoms with van der Waals surface area (Å²) in [5, 5.41) is 19.5. The van der Waals surface area contributed by atoms with Gasteiger partial charge in [0.05, 0.1) is 7.11 Å². The Bertz CT molecular complexity index is 2020. The molecule has 1 atom stereocenters. The third kappa shape index (κ3) is 7.19. The van der Waals surface area contributed by atoms with Crippen molar-refractivity contribution in [1.82, 2.24) is 15.6 Å². The van der Waals surface area contributed by atoms with Gasteiger partial charge in [-0.15, -0.1) is 0 Å². The monoisotopic (exact) mass is 670 g/mol. The van der Waals surface area contributed by atoms with Crippen LogP contribution in [0.25, 0.3) is 10.9 Å². The maximum absolute atomic E-state index is 14.0.